The summed E-state index contributed by atoms with van der Waals surface area (Å²) in [6, 6.07) is -0.667. The van der Waals surface area contributed by atoms with Crippen LogP contribution in [-0.2, 0) is 4.79 Å². The molecule has 0 bridgehead atoms. The summed E-state index contributed by atoms with van der Waals surface area (Å²) in [5, 5.41) is 10.3. The molecule has 0 unspecified atom stereocenters. The van der Waals surface area contributed by atoms with Gasteiger partial charge >= 0.3 is 51.4 Å². The second kappa shape index (κ2) is 5.18. The molecule has 0 spiro atoms. The van der Waals surface area contributed by atoms with Gasteiger partial charge in [-0.15, -0.1) is 0 Å². The van der Waals surface area contributed by atoms with Crippen molar-refractivity contribution in [2.75, 3.05) is 6.54 Å². The van der Waals surface area contributed by atoms with Crippen molar-refractivity contribution in [1.29, 1.82) is 0 Å². The Morgan fingerprint density at radius 2 is 2.08 bits per heavy atom. The van der Waals surface area contributed by atoms with Gasteiger partial charge in [-0.1, -0.05) is 0 Å². The molecular weight excluding hydrogens is 187 g/mol. The first kappa shape index (κ1) is 12.4. The van der Waals surface area contributed by atoms with Crippen LogP contribution in [0, 0.1) is 0 Å². The number of hydrogen-bond donors (Lipinski definition) is 1. The predicted octanol–water partition coefficient (Wildman–Crippen LogP) is -4.72. The minimum Gasteiger partial charge on any atom is -0.530 e. The molecule has 1 heterocycles. The third kappa shape index (κ3) is 2.70. The van der Waals surface area contributed by atoms with Gasteiger partial charge in [0, 0.05) is 6.54 Å². The normalized spacial score (nSPS) is 21.7. The van der Waals surface area contributed by atoms with Gasteiger partial charge in [0.15, 0.2) is 0 Å². The summed E-state index contributed by atoms with van der Waals surface area (Å²) in [4.78, 5) is 21.9. The summed E-state index contributed by atoms with van der Waals surface area (Å²) in [5.74, 6) is -0.591. The number of nitrogens with two attached hydrogens (primary N) is 1. The number of rotatable bonds is 1. The van der Waals surface area contributed by atoms with Crippen LogP contribution in [0.25, 0.3) is 0 Å². The van der Waals surface area contributed by atoms with Gasteiger partial charge in [-0.3, -0.25) is 4.79 Å². The van der Waals surface area contributed by atoms with Gasteiger partial charge < -0.3 is 20.5 Å². The van der Waals surface area contributed by atoms with Gasteiger partial charge in [-0.05, 0) is 12.8 Å². The quantitative estimate of drug-likeness (QED) is 0.427. The van der Waals surface area contributed by atoms with Gasteiger partial charge in [-0.25, -0.2) is 0 Å². The maximum Gasteiger partial charge on any atom is 1.00 e. The maximum absolute atomic E-state index is 10.6. The molecule has 5 nitrogen and oxygen atoms in total. The number of nitrogens with zero attached hydrogens (tertiary/aromatic N) is 1. The fourth-order valence-electron chi connectivity index (χ4n) is 1.28. The van der Waals surface area contributed by atoms with E-state index in [0.29, 0.717) is 19.4 Å². The summed E-state index contributed by atoms with van der Waals surface area (Å²) < 4.78 is 0. The fraction of sp³-hybridized carbons (Fsp3) is 0.667. The standard InChI is InChI=1S/C6H10N2O3.K/c7-5(9)4-2-1-3-8(4)6(10)11;/h4H,1-3H2,(H2,7,9)(H,10,11);/q;+1/p-1/t4-;/m0./s1. The smallest absolute Gasteiger partial charge is 0.530 e. The first-order valence-corrected chi connectivity index (χ1v) is 3.40. The van der Waals surface area contributed by atoms with E-state index >= 15 is 0 Å². The SMILES string of the molecule is NC(=O)[C@@H]1CCCN1C(=O)[O-].[K+]. The molecule has 1 atom stereocenters. The zero-order valence-corrected chi connectivity index (χ0v) is 10.1. The molecule has 0 aromatic heterocycles. The van der Waals surface area contributed by atoms with Crippen LogP contribution in [-0.4, -0.2) is 29.5 Å². The molecule has 1 rings (SSSR count). The van der Waals surface area contributed by atoms with Gasteiger partial charge in [0.05, 0.1) is 0 Å². The number of likely N-dealkylation sites (tertiary alicyclic amines) is 1. The average Bonchev–Trinajstić information content (AvgIpc) is 2.32. The Kier molecular flexibility index (Phi) is 5.34. The molecular formula is C6H9KN2O3. The number of carboxylic acid groups (broad SMARTS) is 1. The Hall–Kier alpha value is 0.376. The van der Waals surface area contributed by atoms with Crippen LogP contribution in [0.15, 0.2) is 0 Å². The summed E-state index contributed by atoms with van der Waals surface area (Å²) in [6.07, 6.45) is -0.114. The predicted molar refractivity (Wildman–Crippen MR) is 34.3 cm³/mol. The van der Waals surface area contributed by atoms with Crippen molar-refractivity contribution in [2.24, 2.45) is 5.73 Å². The van der Waals surface area contributed by atoms with Crippen molar-refractivity contribution >= 4 is 12.0 Å². The van der Waals surface area contributed by atoms with Crippen LogP contribution in [0.1, 0.15) is 12.8 Å². The average molecular weight is 196 g/mol. The van der Waals surface area contributed by atoms with Crippen molar-refractivity contribution in [3.05, 3.63) is 0 Å². The van der Waals surface area contributed by atoms with Gasteiger partial charge in [0.1, 0.15) is 12.1 Å². The Labute approximate surface area is 113 Å². The molecule has 12 heavy (non-hydrogen) atoms. The molecule has 0 aliphatic carbocycles. The monoisotopic (exact) mass is 196 g/mol. The number of carbonyl (C=O) groups is 2. The van der Waals surface area contributed by atoms with E-state index in [1.165, 1.54) is 0 Å². The van der Waals surface area contributed by atoms with Gasteiger partial charge in [0.25, 0.3) is 0 Å². The summed E-state index contributed by atoms with van der Waals surface area (Å²) >= 11 is 0. The Morgan fingerprint density at radius 1 is 1.50 bits per heavy atom. The van der Waals surface area contributed by atoms with Crippen molar-refractivity contribution in [3.63, 3.8) is 0 Å². The van der Waals surface area contributed by atoms with Crippen LogP contribution >= 0.6 is 0 Å². The summed E-state index contributed by atoms with van der Waals surface area (Å²) in [7, 11) is 0. The fourth-order valence-corrected chi connectivity index (χ4v) is 1.28. The number of amides is 2. The number of hydrogen-bond acceptors (Lipinski definition) is 3. The Balaban J connectivity index is 0.00000121. The molecule has 6 heteroatoms. The second-order valence-electron chi connectivity index (χ2n) is 2.52. The molecule has 0 radical (unpaired) electrons. The van der Waals surface area contributed by atoms with E-state index in [0.717, 1.165) is 4.90 Å². The van der Waals surface area contributed by atoms with Gasteiger partial charge in [0.2, 0.25) is 5.91 Å². The van der Waals surface area contributed by atoms with Crippen molar-refractivity contribution in [2.45, 2.75) is 18.9 Å². The molecule has 1 aliphatic rings. The van der Waals surface area contributed by atoms with E-state index in [1.807, 2.05) is 0 Å². The molecule has 2 amide bonds. The Morgan fingerprint density at radius 3 is 2.42 bits per heavy atom. The minimum atomic E-state index is -1.31. The Bertz CT molecular complexity index is 177. The summed E-state index contributed by atoms with van der Waals surface area (Å²) in [6.45, 7) is 0.357. The maximum atomic E-state index is 10.6. The molecule has 0 saturated carbocycles. The largest absolute Gasteiger partial charge is 1.00 e. The van der Waals surface area contributed by atoms with E-state index in [9.17, 15) is 14.7 Å². The van der Waals surface area contributed by atoms with Crippen molar-refractivity contribution in [1.82, 2.24) is 4.90 Å². The molecule has 2 N–H and O–H groups in total. The van der Waals surface area contributed by atoms with E-state index in [1.54, 1.807) is 0 Å². The number of carbonyl (C=O) groups excluding carboxylic acids is 2. The first-order valence-electron chi connectivity index (χ1n) is 3.40. The molecule has 1 aliphatic heterocycles. The van der Waals surface area contributed by atoms with Crippen LogP contribution in [0.2, 0.25) is 0 Å². The third-order valence-electron chi connectivity index (χ3n) is 1.82. The van der Waals surface area contributed by atoms with Crippen LogP contribution < -0.4 is 62.2 Å². The molecule has 0 aromatic carbocycles. The van der Waals surface area contributed by atoms with Gasteiger partial charge in [-0.2, -0.15) is 0 Å². The van der Waals surface area contributed by atoms with Crippen molar-refractivity contribution in [3.8, 4) is 0 Å². The van der Waals surface area contributed by atoms with E-state index in [2.05, 4.69) is 0 Å². The molecule has 1 fully saturated rings. The van der Waals surface area contributed by atoms with E-state index < -0.39 is 18.0 Å². The zero-order valence-electron chi connectivity index (χ0n) is 6.95. The number of primary amides is 1. The topological polar surface area (TPSA) is 86.5 Å². The van der Waals surface area contributed by atoms with E-state index in [-0.39, 0.29) is 51.4 Å². The minimum absolute atomic E-state index is 0. The first-order chi connectivity index (χ1) is 5.13. The van der Waals surface area contributed by atoms with Crippen molar-refractivity contribution < 1.29 is 66.1 Å². The van der Waals surface area contributed by atoms with E-state index in [4.69, 9.17) is 5.73 Å². The molecule has 0 aromatic rings. The van der Waals surface area contributed by atoms with Crippen LogP contribution in [0.5, 0.6) is 0 Å². The summed E-state index contributed by atoms with van der Waals surface area (Å²) in [5.41, 5.74) is 4.95. The second-order valence-corrected chi connectivity index (χ2v) is 2.52. The van der Waals surface area contributed by atoms with Crippen LogP contribution in [0.4, 0.5) is 4.79 Å². The molecule has 1 saturated heterocycles. The third-order valence-corrected chi connectivity index (χ3v) is 1.82. The van der Waals surface area contributed by atoms with Crippen LogP contribution in [0.3, 0.4) is 0 Å². The zero-order chi connectivity index (χ0) is 8.43. The molecule has 62 valence electrons.